The van der Waals surface area contributed by atoms with Crippen molar-refractivity contribution in [2.75, 3.05) is 11.9 Å². The van der Waals surface area contributed by atoms with Crippen LogP contribution in [0.2, 0.25) is 0 Å². The predicted octanol–water partition coefficient (Wildman–Crippen LogP) is 6.80. The van der Waals surface area contributed by atoms with Crippen LogP contribution in [0.1, 0.15) is 65.7 Å². The van der Waals surface area contributed by atoms with E-state index in [1.54, 1.807) is 22.9 Å². The highest BCUT2D eigenvalue weighted by molar-refractivity contribution is 5.90. The third-order valence-electron chi connectivity index (χ3n) is 5.40. The van der Waals surface area contributed by atoms with Crippen LogP contribution in [0.15, 0.2) is 48.5 Å². The number of benzene rings is 2. The fourth-order valence-corrected chi connectivity index (χ4v) is 3.57. The molecule has 1 aromatic heterocycles. The topological polar surface area (TPSA) is 69.0 Å². The molecule has 3 aromatic rings. The highest BCUT2D eigenvalue weighted by Crippen LogP contribution is 2.26. The summed E-state index contributed by atoms with van der Waals surface area (Å²) in [6, 6.07) is 13.9. The number of nitrogens with zero attached hydrogens (tertiary/aromatic N) is 3. The van der Waals surface area contributed by atoms with Crippen molar-refractivity contribution >= 4 is 11.6 Å². The van der Waals surface area contributed by atoms with Gasteiger partial charge in [0.2, 0.25) is 5.91 Å². The van der Waals surface area contributed by atoms with Gasteiger partial charge in [-0.05, 0) is 48.7 Å². The SMILES string of the molecule is CCCCCCCCC(=O)Nc1ccc(-n2nc(OCC(C)C)nc2-c2ccccc2F)cc1. The number of hydrogen-bond acceptors (Lipinski definition) is 4. The number of anilines is 1. The zero-order valence-electron chi connectivity index (χ0n) is 20.4. The fraction of sp³-hybridized carbons (Fsp3) is 0.444. The summed E-state index contributed by atoms with van der Waals surface area (Å²) < 4.78 is 21.8. The molecule has 0 fully saturated rings. The van der Waals surface area contributed by atoms with Crippen molar-refractivity contribution in [3.63, 3.8) is 0 Å². The molecule has 34 heavy (non-hydrogen) atoms. The maximum absolute atomic E-state index is 14.5. The molecule has 3 rings (SSSR count). The van der Waals surface area contributed by atoms with Gasteiger partial charge in [0.25, 0.3) is 0 Å². The van der Waals surface area contributed by atoms with E-state index in [9.17, 15) is 9.18 Å². The zero-order chi connectivity index (χ0) is 24.3. The lowest BCUT2D eigenvalue weighted by Crippen LogP contribution is -2.11. The number of rotatable bonds is 13. The molecular formula is C27H35FN4O2. The third-order valence-corrected chi connectivity index (χ3v) is 5.40. The number of amides is 1. The molecule has 0 saturated heterocycles. The Labute approximate surface area is 201 Å². The average Bonchev–Trinajstić information content (AvgIpc) is 3.25. The number of hydrogen-bond donors (Lipinski definition) is 1. The van der Waals surface area contributed by atoms with Gasteiger partial charge in [-0.15, -0.1) is 5.10 Å². The Kier molecular flexibility index (Phi) is 9.62. The lowest BCUT2D eigenvalue weighted by Gasteiger charge is -2.09. The molecule has 1 N–H and O–H groups in total. The van der Waals surface area contributed by atoms with Gasteiger partial charge in [0.05, 0.1) is 17.9 Å². The highest BCUT2D eigenvalue weighted by Gasteiger charge is 2.18. The smallest absolute Gasteiger partial charge is 0.336 e. The lowest BCUT2D eigenvalue weighted by molar-refractivity contribution is -0.116. The Hall–Kier alpha value is -3.22. The second-order valence-electron chi connectivity index (χ2n) is 8.93. The predicted molar refractivity (Wildman–Crippen MR) is 134 cm³/mol. The molecule has 0 unspecified atom stereocenters. The Bertz CT molecular complexity index is 1050. The van der Waals surface area contributed by atoms with Crippen molar-refractivity contribution in [1.82, 2.24) is 14.8 Å². The van der Waals surface area contributed by atoms with E-state index < -0.39 is 0 Å². The van der Waals surface area contributed by atoms with E-state index in [1.165, 1.54) is 31.7 Å². The van der Waals surface area contributed by atoms with Gasteiger partial charge in [-0.3, -0.25) is 4.79 Å². The molecule has 0 radical (unpaired) electrons. The van der Waals surface area contributed by atoms with Gasteiger partial charge in [0.1, 0.15) is 5.82 Å². The summed E-state index contributed by atoms with van der Waals surface area (Å²) in [6.45, 7) is 6.73. The quantitative estimate of drug-likeness (QED) is 0.281. The van der Waals surface area contributed by atoms with Gasteiger partial charge >= 0.3 is 6.01 Å². The first-order chi connectivity index (χ1) is 16.5. The Morgan fingerprint density at radius 3 is 2.44 bits per heavy atom. The molecule has 2 aromatic carbocycles. The molecule has 182 valence electrons. The number of nitrogens with one attached hydrogen (secondary N) is 1. The van der Waals surface area contributed by atoms with Crippen LogP contribution in [-0.2, 0) is 4.79 Å². The standard InChI is InChI=1S/C27H35FN4O2/c1-4-5-6-7-8-9-14-25(33)29-21-15-17-22(18-16-21)32-26(23-12-10-11-13-24(23)28)30-27(31-32)34-19-20(2)3/h10-13,15-18,20H,4-9,14,19H2,1-3H3,(H,29,33). The van der Waals surface area contributed by atoms with Crippen molar-refractivity contribution in [1.29, 1.82) is 0 Å². The number of unbranched alkanes of at least 4 members (excludes halogenated alkanes) is 5. The van der Waals surface area contributed by atoms with Gasteiger partial charge in [-0.2, -0.15) is 4.98 Å². The largest absolute Gasteiger partial charge is 0.462 e. The molecule has 7 heteroatoms. The minimum Gasteiger partial charge on any atom is -0.462 e. The number of aromatic nitrogens is 3. The van der Waals surface area contributed by atoms with Crippen LogP contribution >= 0.6 is 0 Å². The molecule has 0 aliphatic carbocycles. The van der Waals surface area contributed by atoms with E-state index in [-0.39, 0.29) is 17.7 Å². The van der Waals surface area contributed by atoms with E-state index in [1.807, 2.05) is 38.1 Å². The van der Waals surface area contributed by atoms with Gasteiger partial charge < -0.3 is 10.1 Å². The minimum absolute atomic E-state index is 0.0143. The Balaban J connectivity index is 1.70. The summed E-state index contributed by atoms with van der Waals surface area (Å²) in [7, 11) is 0. The molecule has 1 heterocycles. The van der Waals surface area contributed by atoms with Crippen LogP contribution in [-0.4, -0.2) is 27.3 Å². The van der Waals surface area contributed by atoms with Crippen LogP contribution in [0.25, 0.3) is 17.1 Å². The summed E-state index contributed by atoms with van der Waals surface area (Å²) in [5.74, 6) is 0.297. The second-order valence-corrected chi connectivity index (χ2v) is 8.93. The third kappa shape index (κ3) is 7.40. The molecule has 0 saturated carbocycles. The van der Waals surface area contributed by atoms with Crippen molar-refractivity contribution in [2.24, 2.45) is 5.92 Å². The summed E-state index contributed by atoms with van der Waals surface area (Å²) >= 11 is 0. The zero-order valence-corrected chi connectivity index (χ0v) is 20.4. The molecule has 0 bridgehead atoms. The minimum atomic E-state index is -0.384. The summed E-state index contributed by atoms with van der Waals surface area (Å²) in [4.78, 5) is 16.7. The van der Waals surface area contributed by atoms with E-state index in [2.05, 4.69) is 22.3 Å². The van der Waals surface area contributed by atoms with Gasteiger partial charge in [0.15, 0.2) is 5.82 Å². The van der Waals surface area contributed by atoms with Crippen LogP contribution in [0, 0.1) is 11.7 Å². The monoisotopic (exact) mass is 466 g/mol. The Morgan fingerprint density at radius 2 is 1.74 bits per heavy atom. The van der Waals surface area contributed by atoms with Crippen molar-refractivity contribution in [2.45, 2.75) is 65.7 Å². The maximum atomic E-state index is 14.5. The van der Waals surface area contributed by atoms with E-state index in [0.717, 1.165) is 12.8 Å². The van der Waals surface area contributed by atoms with E-state index in [0.29, 0.717) is 41.7 Å². The number of ether oxygens (including phenoxy) is 1. The molecule has 6 nitrogen and oxygen atoms in total. The van der Waals surface area contributed by atoms with Crippen LogP contribution < -0.4 is 10.1 Å². The number of carbonyl (C=O) groups is 1. The molecule has 0 aliphatic heterocycles. The first kappa shape index (κ1) is 25.4. The summed E-state index contributed by atoms with van der Waals surface area (Å²) in [5, 5.41) is 7.41. The molecule has 0 aliphatic rings. The van der Waals surface area contributed by atoms with Crippen molar-refractivity contribution in [3.05, 3.63) is 54.3 Å². The lowest BCUT2D eigenvalue weighted by atomic mass is 10.1. The second kappa shape index (κ2) is 12.9. The molecular weight excluding hydrogens is 431 g/mol. The highest BCUT2D eigenvalue weighted by atomic mass is 19.1. The molecule has 0 spiro atoms. The van der Waals surface area contributed by atoms with Gasteiger partial charge in [-0.25, -0.2) is 9.07 Å². The van der Waals surface area contributed by atoms with Crippen LogP contribution in [0.4, 0.5) is 10.1 Å². The molecule has 0 atom stereocenters. The number of carbonyl (C=O) groups excluding carboxylic acids is 1. The van der Waals surface area contributed by atoms with Crippen LogP contribution in [0.3, 0.4) is 0 Å². The fourth-order valence-electron chi connectivity index (χ4n) is 3.57. The summed E-state index contributed by atoms with van der Waals surface area (Å²) in [5.41, 5.74) is 1.74. The van der Waals surface area contributed by atoms with Crippen LogP contribution in [0.5, 0.6) is 6.01 Å². The number of halogens is 1. The van der Waals surface area contributed by atoms with E-state index in [4.69, 9.17) is 4.74 Å². The first-order valence-corrected chi connectivity index (χ1v) is 12.2. The van der Waals surface area contributed by atoms with Crippen molar-refractivity contribution in [3.8, 4) is 23.1 Å². The van der Waals surface area contributed by atoms with Crippen molar-refractivity contribution < 1.29 is 13.9 Å². The average molecular weight is 467 g/mol. The first-order valence-electron chi connectivity index (χ1n) is 12.2. The normalized spacial score (nSPS) is 11.1. The molecule has 1 amide bonds. The maximum Gasteiger partial charge on any atom is 0.336 e. The van der Waals surface area contributed by atoms with Gasteiger partial charge in [0, 0.05) is 12.1 Å². The van der Waals surface area contributed by atoms with E-state index >= 15 is 0 Å². The Morgan fingerprint density at radius 1 is 1.03 bits per heavy atom. The summed E-state index contributed by atoms with van der Waals surface area (Å²) in [6.07, 6.45) is 7.40. The van der Waals surface area contributed by atoms with Gasteiger partial charge in [-0.1, -0.05) is 65.0 Å².